The number of halogens is 3. The van der Waals surface area contributed by atoms with E-state index in [1.165, 1.54) is 16.0 Å². The first-order valence-electron chi connectivity index (χ1n) is 5.41. The Labute approximate surface area is 136 Å². The van der Waals surface area contributed by atoms with Crippen LogP contribution in [0.25, 0.3) is 0 Å². The van der Waals surface area contributed by atoms with E-state index >= 15 is 0 Å². The van der Waals surface area contributed by atoms with Crippen LogP contribution in [0.4, 0.5) is 0 Å². The van der Waals surface area contributed by atoms with Gasteiger partial charge in [0, 0.05) is 13.8 Å². The highest BCUT2D eigenvalue weighted by Gasteiger charge is 2.17. The Hall–Kier alpha value is 0.320. The van der Waals surface area contributed by atoms with E-state index in [2.05, 4.69) is 84.3 Å². The molecule has 0 amide bonds. The van der Waals surface area contributed by atoms with Gasteiger partial charge in [0.15, 0.2) is 0 Å². The Bertz CT molecular complexity index is 546. The number of hydrogen-bond donors (Lipinski definition) is 1. The van der Waals surface area contributed by atoms with Crippen LogP contribution in [-0.2, 0) is 0 Å². The van der Waals surface area contributed by atoms with Crippen LogP contribution in [0, 0.1) is 6.92 Å². The minimum absolute atomic E-state index is 0.227. The van der Waals surface area contributed by atoms with E-state index in [1.807, 2.05) is 7.05 Å². The number of nitrogens with one attached hydrogen (secondary N) is 1. The highest BCUT2D eigenvalue weighted by Crippen LogP contribution is 2.38. The SMILES string of the molecule is CNC(c1cc(Br)c(Br)s1)c1ccc(Br)cc1C. The molecule has 96 valence electrons. The van der Waals surface area contributed by atoms with Gasteiger partial charge in [0.1, 0.15) is 0 Å². The van der Waals surface area contributed by atoms with E-state index in [0.29, 0.717) is 0 Å². The van der Waals surface area contributed by atoms with Crippen molar-refractivity contribution < 1.29 is 0 Å². The van der Waals surface area contributed by atoms with Crippen molar-refractivity contribution in [2.24, 2.45) is 0 Å². The zero-order valence-electron chi connectivity index (χ0n) is 9.93. The van der Waals surface area contributed by atoms with Crippen molar-refractivity contribution in [1.82, 2.24) is 5.32 Å². The predicted molar refractivity (Wildman–Crippen MR) is 89.5 cm³/mol. The van der Waals surface area contributed by atoms with Gasteiger partial charge < -0.3 is 5.32 Å². The van der Waals surface area contributed by atoms with E-state index in [0.717, 1.165) is 12.7 Å². The molecule has 18 heavy (non-hydrogen) atoms. The molecular weight excluding hydrogens is 442 g/mol. The maximum Gasteiger partial charge on any atom is 0.0843 e. The summed E-state index contributed by atoms with van der Waals surface area (Å²) < 4.78 is 3.36. The third kappa shape index (κ3) is 3.07. The average Bonchev–Trinajstić information content (AvgIpc) is 2.63. The van der Waals surface area contributed by atoms with Gasteiger partial charge in [0.05, 0.1) is 9.83 Å². The van der Waals surface area contributed by atoms with Gasteiger partial charge in [-0.15, -0.1) is 11.3 Å². The molecule has 1 unspecified atom stereocenters. The molecule has 1 nitrogen and oxygen atoms in total. The maximum atomic E-state index is 3.55. The van der Waals surface area contributed by atoms with Gasteiger partial charge in [-0.25, -0.2) is 0 Å². The lowest BCUT2D eigenvalue weighted by Gasteiger charge is -2.17. The van der Waals surface area contributed by atoms with Crippen LogP contribution in [0.5, 0.6) is 0 Å². The second-order valence-corrected chi connectivity index (χ2v) is 8.16. The topological polar surface area (TPSA) is 12.0 Å². The van der Waals surface area contributed by atoms with Crippen molar-refractivity contribution in [3.05, 3.63) is 53.0 Å². The summed E-state index contributed by atoms with van der Waals surface area (Å²) in [7, 11) is 1.99. The number of aryl methyl sites for hydroxylation is 1. The average molecular weight is 454 g/mol. The summed E-state index contributed by atoms with van der Waals surface area (Å²) in [5, 5.41) is 3.39. The summed E-state index contributed by atoms with van der Waals surface area (Å²) in [5.74, 6) is 0. The second kappa shape index (κ2) is 6.18. The molecule has 1 aromatic heterocycles. The van der Waals surface area contributed by atoms with Gasteiger partial charge >= 0.3 is 0 Å². The first kappa shape index (κ1) is 14.7. The van der Waals surface area contributed by atoms with Gasteiger partial charge in [-0.1, -0.05) is 22.0 Å². The quantitative estimate of drug-likeness (QED) is 0.633. The first-order valence-corrected chi connectivity index (χ1v) is 8.60. The Balaban J connectivity index is 2.45. The normalized spacial score (nSPS) is 12.7. The maximum absolute atomic E-state index is 3.55. The number of thiophene rings is 1. The molecule has 0 saturated carbocycles. The molecule has 0 radical (unpaired) electrons. The fourth-order valence-corrected chi connectivity index (χ4v) is 4.61. The summed E-state index contributed by atoms with van der Waals surface area (Å²) in [5.41, 5.74) is 2.59. The molecule has 1 N–H and O–H groups in total. The molecule has 1 atom stereocenters. The third-order valence-electron chi connectivity index (χ3n) is 2.78. The van der Waals surface area contributed by atoms with E-state index < -0.39 is 0 Å². The Morgan fingerprint density at radius 1 is 1.17 bits per heavy atom. The standard InChI is InChI=1S/C13H12Br3NS/c1-7-5-8(14)3-4-9(7)12(17-2)11-6-10(15)13(16)18-11/h3-6,12,17H,1-2H3. The van der Waals surface area contributed by atoms with Crippen molar-refractivity contribution in [1.29, 1.82) is 0 Å². The molecule has 0 spiro atoms. The van der Waals surface area contributed by atoms with Crippen LogP contribution in [0.1, 0.15) is 22.0 Å². The van der Waals surface area contributed by atoms with E-state index in [4.69, 9.17) is 0 Å². The van der Waals surface area contributed by atoms with Crippen LogP contribution in [-0.4, -0.2) is 7.05 Å². The summed E-state index contributed by atoms with van der Waals surface area (Å²) in [4.78, 5) is 1.29. The van der Waals surface area contributed by atoms with Gasteiger partial charge in [-0.2, -0.15) is 0 Å². The van der Waals surface area contributed by atoms with Crippen LogP contribution in [0.2, 0.25) is 0 Å². The third-order valence-corrected chi connectivity index (χ3v) is 6.59. The van der Waals surface area contributed by atoms with Gasteiger partial charge in [-0.05, 0) is 75.2 Å². The molecule has 0 bridgehead atoms. The van der Waals surface area contributed by atoms with Gasteiger partial charge in [-0.3, -0.25) is 0 Å². The monoisotopic (exact) mass is 451 g/mol. The lowest BCUT2D eigenvalue weighted by Crippen LogP contribution is -2.17. The molecule has 1 heterocycles. The van der Waals surface area contributed by atoms with Crippen molar-refractivity contribution >= 4 is 59.1 Å². The molecule has 0 aliphatic rings. The van der Waals surface area contributed by atoms with Crippen molar-refractivity contribution in [3.8, 4) is 0 Å². The molecule has 0 fully saturated rings. The van der Waals surface area contributed by atoms with Gasteiger partial charge in [0.25, 0.3) is 0 Å². The zero-order valence-corrected chi connectivity index (χ0v) is 15.5. The predicted octanol–water partition coefficient (Wildman–Crippen LogP) is 5.65. The second-order valence-electron chi connectivity index (χ2n) is 3.99. The Morgan fingerprint density at radius 3 is 2.39 bits per heavy atom. The van der Waals surface area contributed by atoms with Crippen molar-refractivity contribution in [3.63, 3.8) is 0 Å². The van der Waals surface area contributed by atoms with Crippen molar-refractivity contribution in [2.75, 3.05) is 7.05 Å². The molecule has 2 rings (SSSR count). The molecule has 1 aromatic carbocycles. The molecule has 0 saturated heterocycles. The highest BCUT2D eigenvalue weighted by molar-refractivity contribution is 9.13. The molecular formula is C13H12Br3NS. The molecule has 5 heteroatoms. The molecule has 2 aromatic rings. The number of benzene rings is 1. The van der Waals surface area contributed by atoms with Crippen LogP contribution >= 0.6 is 59.1 Å². The fraction of sp³-hybridized carbons (Fsp3) is 0.231. The first-order chi connectivity index (χ1) is 8.52. The Morgan fingerprint density at radius 2 is 1.89 bits per heavy atom. The minimum atomic E-state index is 0.227. The lowest BCUT2D eigenvalue weighted by atomic mass is 10.0. The summed E-state index contributed by atoms with van der Waals surface area (Å²) in [6, 6.07) is 8.80. The highest BCUT2D eigenvalue weighted by atomic mass is 79.9. The number of rotatable bonds is 3. The minimum Gasteiger partial charge on any atom is -0.309 e. The smallest absolute Gasteiger partial charge is 0.0843 e. The van der Waals surface area contributed by atoms with Crippen LogP contribution in [0.15, 0.2) is 37.0 Å². The van der Waals surface area contributed by atoms with Crippen LogP contribution in [0.3, 0.4) is 0 Å². The summed E-state index contributed by atoms with van der Waals surface area (Å²) >= 11 is 12.4. The summed E-state index contributed by atoms with van der Waals surface area (Å²) in [6.07, 6.45) is 0. The summed E-state index contributed by atoms with van der Waals surface area (Å²) in [6.45, 7) is 2.14. The van der Waals surface area contributed by atoms with Crippen LogP contribution < -0.4 is 5.32 Å². The molecule has 0 aliphatic carbocycles. The Kier molecular flexibility index (Phi) is 5.06. The number of hydrogen-bond acceptors (Lipinski definition) is 2. The van der Waals surface area contributed by atoms with E-state index in [9.17, 15) is 0 Å². The van der Waals surface area contributed by atoms with Gasteiger partial charge in [0.2, 0.25) is 0 Å². The largest absolute Gasteiger partial charge is 0.309 e. The lowest BCUT2D eigenvalue weighted by molar-refractivity contribution is 0.699. The van der Waals surface area contributed by atoms with E-state index in [-0.39, 0.29) is 6.04 Å². The van der Waals surface area contributed by atoms with Crippen molar-refractivity contribution in [2.45, 2.75) is 13.0 Å². The molecule has 0 aliphatic heterocycles. The fourth-order valence-electron chi connectivity index (χ4n) is 1.92. The zero-order chi connectivity index (χ0) is 13.3. The van der Waals surface area contributed by atoms with E-state index in [1.54, 1.807) is 11.3 Å².